The SMILES string of the molecule is COc1ccc(-n2c(Cc3c[nH]c4ccccc34)n[nH]c2=O)cc1OC. The van der Waals surface area contributed by atoms with Crippen LogP contribution in [0.25, 0.3) is 16.6 Å². The third-order valence-corrected chi connectivity index (χ3v) is 4.39. The first-order chi connectivity index (χ1) is 12.7. The van der Waals surface area contributed by atoms with E-state index in [1.807, 2.05) is 30.5 Å². The first-order valence-electron chi connectivity index (χ1n) is 8.15. The molecule has 2 N–H and O–H groups in total. The number of aromatic amines is 2. The highest BCUT2D eigenvalue weighted by molar-refractivity contribution is 5.83. The number of ether oxygens (including phenoxy) is 2. The molecule has 0 aliphatic carbocycles. The Morgan fingerprint density at radius 1 is 1.08 bits per heavy atom. The van der Waals surface area contributed by atoms with Crippen LogP contribution in [0.1, 0.15) is 11.4 Å². The lowest BCUT2D eigenvalue weighted by molar-refractivity contribution is 0.355. The van der Waals surface area contributed by atoms with Crippen LogP contribution in [0.15, 0.2) is 53.5 Å². The van der Waals surface area contributed by atoms with Crippen LogP contribution in [-0.2, 0) is 6.42 Å². The molecule has 4 aromatic rings. The monoisotopic (exact) mass is 350 g/mol. The van der Waals surface area contributed by atoms with E-state index in [2.05, 4.69) is 15.2 Å². The van der Waals surface area contributed by atoms with Crippen molar-refractivity contribution in [1.29, 1.82) is 0 Å². The molecule has 0 aliphatic rings. The van der Waals surface area contributed by atoms with Gasteiger partial charge < -0.3 is 14.5 Å². The average Bonchev–Trinajstić information content (AvgIpc) is 3.25. The third-order valence-electron chi connectivity index (χ3n) is 4.39. The zero-order valence-electron chi connectivity index (χ0n) is 14.4. The first-order valence-corrected chi connectivity index (χ1v) is 8.15. The Hall–Kier alpha value is -3.48. The van der Waals surface area contributed by atoms with Crippen LogP contribution in [0.4, 0.5) is 0 Å². The van der Waals surface area contributed by atoms with Crippen molar-refractivity contribution in [3.63, 3.8) is 0 Å². The van der Waals surface area contributed by atoms with Crippen LogP contribution in [0.2, 0.25) is 0 Å². The number of para-hydroxylation sites is 1. The molecule has 0 radical (unpaired) electrons. The molecular weight excluding hydrogens is 332 g/mol. The highest BCUT2D eigenvalue weighted by Gasteiger charge is 2.15. The van der Waals surface area contributed by atoms with E-state index in [9.17, 15) is 4.79 Å². The number of fused-ring (bicyclic) bond motifs is 1. The Morgan fingerprint density at radius 2 is 1.88 bits per heavy atom. The van der Waals surface area contributed by atoms with E-state index < -0.39 is 0 Å². The highest BCUT2D eigenvalue weighted by Crippen LogP contribution is 2.29. The number of nitrogens with one attached hydrogen (secondary N) is 2. The van der Waals surface area contributed by atoms with Crippen molar-refractivity contribution in [2.75, 3.05) is 14.2 Å². The normalized spacial score (nSPS) is 11.0. The van der Waals surface area contributed by atoms with E-state index in [0.29, 0.717) is 29.4 Å². The van der Waals surface area contributed by atoms with Gasteiger partial charge in [-0.05, 0) is 23.8 Å². The van der Waals surface area contributed by atoms with Gasteiger partial charge in [0, 0.05) is 29.6 Å². The van der Waals surface area contributed by atoms with Crippen LogP contribution >= 0.6 is 0 Å². The summed E-state index contributed by atoms with van der Waals surface area (Å²) in [5, 5.41) is 7.86. The van der Waals surface area contributed by atoms with E-state index in [0.717, 1.165) is 16.5 Å². The van der Waals surface area contributed by atoms with Crippen molar-refractivity contribution in [3.8, 4) is 17.2 Å². The fourth-order valence-electron chi connectivity index (χ4n) is 3.13. The number of nitrogens with zero attached hydrogens (tertiary/aromatic N) is 2. The van der Waals surface area contributed by atoms with Gasteiger partial charge in [-0.3, -0.25) is 0 Å². The zero-order valence-corrected chi connectivity index (χ0v) is 14.4. The molecule has 0 fully saturated rings. The number of H-pyrrole nitrogens is 2. The van der Waals surface area contributed by atoms with E-state index in [-0.39, 0.29) is 5.69 Å². The minimum atomic E-state index is -0.299. The van der Waals surface area contributed by atoms with E-state index in [1.165, 1.54) is 0 Å². The number of benzene rings is 2. The van der Waals surface area contributed by atoms with Gasteiger partial charge >= 0.3 is 5.69 Å². The fourth-order valence-corrected chi connectivity index (χ4v) is 3.13. The smallest absolute Gasteiger partial charge is 0.347 e. The molecule has 0 amide bonds. The molecule has 0 saturated carbocycles. The molecule has 0 atom stereocenters. The Kier molecular flexibility index (Phi) is 3.96. The minimum Gasteiger partial charge on any atom is -0.493 e. The number of aromatic nitrogens is 4. The zero-order chi connectivity index (χ0) is 18.1. The average molecular weight is 350 g/mol. The predicted octanol–water partition coefficient (Wildman–Crippen LogP) is 2.65. The predicted molar refractivity (Wildman–Crippen MR) is 98.4 cm³/mol. The summed E-state index contributed by atoms with van der Waals surface area (Å²) in [4.78, 5) is 15.6. The quantitative estimate of drug-likeness (QED) is 0.579. The number of methoxy groups -OCH3 is 2. The maximum Gasteiger partial charge on any atom is 0.347 e. The topological polar surface area (TPSA) is 84.9 Å². The second-order valence-electron chi connectivity index (χ2n) is 5.86. The molecule has 0 unspecified atom stereocenters. The molecule has 2 aromatic carbocycles. The largest absolute Gasteiger partial charge is 0.493 e. The van der Waals surface area contributed by atoms with Gasteiger partial charge in [0.2, 0.25) is 0 Å². The molecule has 0 saturated heterocycles. The Morgan fingerprint density at radius 3 is 2.69 bits per heavy atom. The Labute approximate surface area is 149 Å². The molecule has 4 rings (SSSR count). The maximum absolute atomic E-state index is 12.4. The van der Waals surface area contributed by atoms with Crippen LogP contribution < -0.4 is 15.2 Å². The first kappa shape index (κ1) is 16.0. The standard InChI is InChI=1S/C19H18N4O3/c1-25-16-8-7-13(10-17(16)26-2)23-18(21-22-19(23)24)9-12-11-20-15-6-4-3-5-14(12)15/h3-8,10-11,20H,9H2,1-2H3,(H,22,24). The molecule has 7 heteroatoms. The summed E-state index contributed by atoms with van der Waals surface area (Å²) < 4.78 is 12.2. The van der Waals surface area contributed by atoms with Gasteiger partial charge in [-0.15, -0.1) is 0 Å². The summed E-state index contributed by atoms with van der Waals surface area (Å²) in [6, 6.07) is 13.4. The van der Waals surface area contributed by atoms with Crippen molar-refractivity contribution >= 4 is 10.9 Å². The summed E-state index contributed by atoms with van der Waals surface area (Å²) in [6.07, 6.45) is 2.46. The van der Waals surface area contributed by atoms with Crippen molar-refractivity contribution in [2.45, 2.75) is 6.42 Å². The lowest BCUT2D eigenvalue weighted by Gasteiger charge is -2.11. The van der Waals surface area contributed by atoms with Gasteiger partial charge in [0.15, 0.2) is 11.5 Å². The summed E-state index contributed by atoms with van der Waals surface area (Å²) >= 11 is 0. The van der Waals surface area contributed by atoms with Crippen LogP contribution in [-0.4, -0.2) is 34.0 Å². The molecule has 0 bridgehead atoms. The number of hydrogen-bond acceptors (Lipinski definition) is 4. The van der Waals surface area contributed by atoms with Crippen molar-refractivity contribution in [2.24, 2.45) is 0 Å². The molecule has 7 nitrogen and oxygen atoms in total. The van der Waals surface area contributed by atoms with E-state index in [1.54, 1.807) is 37.0 Å². The molecule has 0 spiro atoms. The summed E-state index contributed by atoms with van der Waals surface area (Å²) in [7, 11) is 3.14. The van der Waals surface area contributed by atoms with Gasteiger partial charge in [0.1, 0.15) is 5.82 Å². The van der Waals surface area contributed by atoms with Crippen molar-refractivity contribution in [3.05, 3.63) is 70.5 Å². The van der Waals surface area contributed by atoms with Crippen LogP contribution in [0.5, 0.6) is 11.5 Å². The second kappa shape index (κ2) is 6.44. The molecule has 0 aliphatic heterocycles. The molecule has 132 valence electrons. The summed E-state index contributed by atoms with van der Waals surface area (Å²) in [6.45, 7) is 0. The van der Waals surface area contributed by atoms with Gasteiger partial charge in [-0.25, -0.2) is 14.5 Å². The molecule has 26 heavy (non-hydrogen) atoms. The van der Waals surface area contributed by atoms with Gasteiger partial charge in [0.25, 0.3) is 0 Å². The minimum absolute atomic E-state index is 0.299. The lowest BCUT2D eigenvalue weighted by atomic mass is 10.1. The summed E-state index contributed by atoms with van der Waals surface area (Å²) in [5.41, 5.74) is 2.49. The Bertz CT molecular complexity index is 1120. The summed E-state index contributed by atoms with van der Waals surface area (Å²) in [5.74, 6) is 1.77. The lowest BCUT2D eigenvalue weighted by Crippen LogP contribution is -2.17. The van der Waals surface area contributed by atoms with Crippen molar-refractivity contribution < 1.29 is 9.47 Å². The van der Waals surface area contributed by atoms with Gasteiger partial charge in [-0.1, -0.05) is 18.2 Å². The molecular formula is C19H18N4O3. The molecule has 2 heterocycles. The maximum atomic E-state index is 12.4. The van der Waals surface area contributed by atoms with E-state index >= 15 is 0 Å². The number of rotatable bonds is 5. The van der Waals surface area contributed by atoms with Crippen LogP contribution in [0, 0.1) is 0 Å². The Balaban J connectivity index is 1.78. The fraction of sp³-hybridized carbons (Fsp3) is 0.158. The van der Waals surface area contributed by atoms with E-state index in [4.69, 9.17) is 9.47 Å². The third kappa shape index (κ3) is 2.63. The van der Waals surface area contributed by atoms with Crippen molar-refractivity contribution in [1.82, 2.24) is 19.7 Å². The highest BCUT2D eigenvalue weighted by atomic mass is 16.5. The van der Waals surface area contributed by atoms with Gasteiger partial charge in [-0.2, -0.15) is 5.10 Å². The van der Waals surface area contributed by atoms with Gasteiger partial charge in [0.05, 0.1) is 19.9 Å². The van der Waals surface area contributed by atoms with Crippen LogP contribution in [0.3, 0.4) is 0 Å². The second-order valence-corrected chi connectivity index (χ2v) is 5.86. The number of hydrogen-bond donors (Lipinski definition) is 2. The molecule has 2 aromatic heterocycles.